The monoisotopic (exact) mass is 391 g/mol. The Morgan fingerprint density at radius 2 is 1.43 bits per heavy atom. The minimum atomic E-state index is 0.472. The average molecular weight is 391 g/mol. The zero-order valence-corrected chi connectivity index (χ0v) is 15.3. The van der Waals surface area contributed by atoms with Gasteiger partial charge in [0.2, 0.25) is 0 Å². The van der Waals surface area contributed by atoms with E-state index in [1.807, 2.05) is 24.4 Å². The smallest absolute Gasteiger partial charge is 0.0699 e. The third kappa shape index (κ3) is 4.16. The van der Waals surface area contributed by atoms with E-state index < -0.39 is 0 Å². The van der Waals surface area contributed by atoms with Crippen LogP contribution in [0.3, 0.4) is 0 Å². The van der Waals surface area contributed by atoms with Crippen LogP contribution in [0.2, 0.25) is 0 Å². The molecule has 110 valence electrons. The highest BCUT2D eigenvalue weighted by Gasteiger charge is 2.14. The summed E-state index contributed by atoms with van der Waals surface area (Å²) in [6.45, 7) is 8.93. The zero-order valence-electron chi connectivity index (χ0n) is 13.1. The van der Waals surface area contributed by atoms with Gasteiger partial charge >= 0.3 is 0 Å². The van der Waals surface area contributed by atoms with E-state index in [2.05, 4.69) is 74.6 Å². The van der Waals surface area contributed by atoms with Crippen LogP contribution in [0.5, 0.6) is 0 Å². The topological polar surface area (TPSA) is 12.4 Å². The van der Waals surface area contributed by atoms with Gasteiger partial charge in [-0.25, -0.2) is 0 Å². The second-order valence-corrected chi connectivity index (χ2v) is 7.16. The lowest BCUT2D eigenvalue weighted by Gasteiger charge is -2.17. The summed E-state index contributed by atoms with van der Waals surface area (Å²) in [6, 6.07) is 14.8. The molecule has 0 fully saturated rings. The van der Waals surface area contributed by atoms with Crippen molar-refractivity contribution < 1.29 is 0 Å². The van der Waals surface area contributed by atoms with E-state index in [1.165, 1.54) is 14.7 Å². The van der Waals surface area contributed by atoms with Crippen molar-refractivity contribution in [3.05, 3.63) is 62.7 Å². The first kappa shape index (κ1) is 16.2. The van der Waals surface area contributed by atoms with Crippen LogP contribution in [-0.4, -0.2) is 6.21 Å². The highest BCUT2D eigenvalue weighted by atomic mass is 127. The number of hydrogen-bond acceptors (Lipinski definition) is 1. The van der Waals surface area contributed by atoms with Crippen LogP contribution in [-0.2, 0) is 0 Å². The summed E-state index contributed by atoms with van der Waals surface area (Å²) in [5.41, 5.74) is 4.94. The van der Waals surface area contributed by atoms with Gasteiger partial charge in [-0.3, -0.25) is 4.99 Å². The van der Waals surface area contributed by atoms with Crippen LogP contribution in [0.15, 0.2) is 47.5 Å². The predicted octanol–water partition coefficient (Wildman–Crippen LogP) is 6.29. The van der Waals surface area contributed by atoms with Gasteiger partial charge in [-0.05, 0) is 63.2 Å². The van der Waals surface area contributed by atoms with Gasteiger partial charge in [-0.2, -0.15) is 0 Å². The van der Waals surface area contributed by atoms with E-state index in [0.29, 0.717) is 11.8 Å². The highest BCUT2D eigenvalue weighted by Crippen LogP contribution is 2.36. The Morgan fingerprint density at radius 1 is 0.905 bits per heavy atom. The van der Waals surface area contributed by atoms with Crippen molar-refractivity contribution in [2.45, 2.75) is 39.5 Å². The molecule has 0 bridgehead atoms. The van der Waals surface area contributed by atoms with E-state index in [1.54, 1.807) is 0 Å². The lowest BCUT2D eigenvalue weighted by Crippen LogP contribution is -1.97. The van der Waals surface area contributed by atoms with Crippen molar-refractivity contribution in [2.24, 2.45) is 4.99 Å². The maximum Gasteiger partial charge on any atom is 0.0699 e. The molecule has 0 amide bonds. The number of hydrogen-bond donors (Lipinski definition) is 0. The third-order valence-corrected chi connectivity index (χ3v) is 4.14. The van der Waals surface area contributed by atoms with Crippen molar-refractivity contribution in [3.63, 3.8) is 0 Å². The lowest BCUT2D eigenvalue weighted by atomic mass is 9.93. The van der Waals surface area contributed by atoms with E-state index in [-0.39, 0.29) is 0 Å². The zero-order chi connectivity index (χ0) is 15.4. The van der Waals surface area contributed by atoms with Gasteiger partial charge in [0.05, 0.1) is 5.69 Å². The number of nitrogens with zero attached hydrogens (tertiary/aromatic N) is 1. The van der Waals surface area contributed by atoms with E-state index in [9.17, 15) is 0 Å². The molecule has 2 heteroatoms. The SMILES string of the molecule is CC(C)c1cc(I)cc(C(C)C)c1N=Cc1ccccc1. The molecule has 0 aliphatic rings. The minimum Gasteiger partial charge on any atom is -0.256 e. The van der Waals surface area contributed by atoms with Gasteiger partial charge in [-0.1, -0.05) is 58.0 Å². The normalized spacial score (nSPS) is 11.8. The second-order valence-electron chi connectivity index (χ2n) is 5.91. The summed E-state index contributed by atoms with van der Waals surface area (Å²) in [4.78, 5) is 4.83. The molecule has 0 aliphatic carbocycles. The van der Waals surface area contributed by atoms with Crippen molar-refractivity contribution >= 4 is 34.5 Å². The fraction of sp³-hybridized carbons (Fsp3) is 0.316. The summed E-state index contributed by atoms with van der Waals surface area (Å²) < 4.78 is 1.29. The second kappa shape index (κ2) is 7.21. The number of aliphatic imine (C=N–C) groups is 1. The quantitative estimate of drug-likeness (QED) is 0.429. The summed E-state index contributed by atoms with van der Waals surface area (Å²) in [6.07, 6.45) is 1.97. The fourth-order valence-corrected chi connectivity index (χ4v) is 3.02. The first-order valence-electron chi connectivity index (χ1n) is 7.41. The molecule has 0 radical (unpaired) electrons. The van der Waals surface area contributed by atoms with Gasteiger partial charge in [0.25, 0.3) is 0 Å². The van der Waals surface area contributed by atoms with Crippen LogP contribution < -0.4 is 0 Å². The molecule has 21 heavy (non-hydrogen) atoms. The number of rotatable bonds is 4. The Kier molecular flexibility index (Phi) is 5.57. The number of benzene rings is 2. The van der Waals surface area contributed by atoms with Crippen LogP contribution in [0.1, 0.15) is 56.2 Å². The number of halogens is 1. The van der Waals surface area contributed by atoms with Crippen molar-refractivity contribution in [1.29, 1.82) is 0 Å². The summed E-state index contributed by atoms with van der Waals surface area (Å²) in [5, 5.41) is 0. The Bertz CT molecular complexity index is 598. The van der Waals surface area contributed by atoms with Gasteiger partial charge in [0.15, 0.2) is 0 Å². The summed E-state index contributed by atoms with van der Waals surface area (Å²) >= 11 is 2.40. The maximum absolute atomic E-state index is 4.83. The molecule has 2 rings (SSSR count). The van der Waals surface area contributed by atoms with Gasteiger partial charge in [0.1, 0.15) is 0 Å². The van der Waals surface area contributed by atoms with Gasteiger partial charge < -0.3 is 0 Å². The Balaban J connectivity index is 2.52. The molecule has 0 saturated carbocycles. The standard InChI is InChI=1S/C19H22IN/c1-13(2)17-10-16(20)11-18(14(3)4)19(17)21-12-15-8-6-5-7-9-15/h5-14H,1-4H3. The summed E-state index contributed by atoms with van der Waals surface area (Å²) in [7, 11) is 0. The molecule has 0 N–H and O–H groups in total. The average Bonchev–Trinajstić information content (AvgIpc) is 2.46. The van der Waals surface area contributed by atoms with E-state index in [4.69, 9.17) is 4.99 Å². The molecule has 2 aromatic rings. The summed E-state index contributed by atoms with van der Waals surface area (Å²) in [5.74, 6) is 0.945. The largest absolute Gasteiger partial charge is 0.256 e. The van der Waals surface area contributed by atoms with Crippen LogP contribution in [0.25, 0.3) is 0 Å². The maximum atomic E-state index is 4.83. The Hall–Kier alpha value is -1.16. The Morgan fingerprint density at radius 3 is 1.90 bits per heavy atom. The van der Waals surface area contributed by atoms with Crippen LogP contribution in [0, 0.1) is 3.57 Å². The highest BCUT2D eigenvalue weighted by molar-refractivity contribution is 14.1. The molecule has 0 unspecified atom stereocenters. The molecule has 0 aliphatic heterocycles. The molecule has 1 nitrogen and oxygen atoms in total. The van der Waals surface area contributed by atoms with Crippen LogP contribution >= 0.6 is 22.6 Å². The molecule has 0 heterocycles. The van der Waals surface area contributed by atoms with Gasteiger partial charge in [-0.15, -0.1) is 0 Å². The lowest BCUT2D eigenvalue weighted by molar-refractivity contribution is 0.833. The van der Waals surface area contributed by atoms with Crippen molar-refractivity contribution in [1.82, 2.24) is 0 Å². The van der Waals surface area contributed by atoms with E-state index in [0.717, 1.165) is 11.3 Å². The molecular weight excluding hydrogens is 369 g/mol. The molecule has 0 spiro atoms. The van der Waals surface area contributed by atoms with Crippen molar-refractivity contribution in [3.8, 4) is 0 Å². The third-order valence-electron chi connectivity index (χ3n) is 3.52. The van der Waals surface area contributed by atoms with E-state index >= 15 is 0 Å². The first-order chi connectivity index (χ1) is 9.99. The first-order valence-corrected chi connectivity index (χ1v) is 8.49. The molecule has 0 atom stereocenters. The minimum absolute atomic E-state index is 0.472. The van der Waals surface area contributed by atoms with Crippen molar-refractivity contribution in [2.75, 3.05) is 0 Å². The molecule has 0 saturated heterocycles. The molecule has 2 aromatic carbocycles. The van der Waals surface area contributed by atoms with Gasteiger partial charge in [0, 0.05) is 9.78 Å². The predicted molar refractivity (Wildman–Crippen MR) is 101 cm³/mol. The Labute approximate surface area is 141 Å². The molecule has 0 aromatic heterocycles. The molecular formula is C19H22IN. The fourth-order valence-electron chi connectivity index (χ4n) is 2.35. The van der Waals surface area contributed by atoms with Crippen LogP contribution in [0.4, 0.5) is 5.69 Å².